The molecule has 17 heavy (non-hydrogen) atoms. The van der Waals surface area contributed by atoms with E-state index in [9.17, 15) is 18.3 Å². The molecule has 0 bridgehead atoms. The third-order valence-corrected chi connectivity index (χ3v) is 4.49. The van der Waals surface area contributed by atoms with Gasteiger partial charge in [0.15, 0.2) is 5.60 Å². The van der Waals surface area contributed by atoms with Crippen molar-refractivity contribution < 1.29 is 18.3 Å². The summed E-state index contributed by atoms with van der Waals surface area (Å²) in [4.78, 5) is 0.830. The van der Waals surface area contributed by atoms with Crippen molar-refractivity contribution in [1.29, 1.82) is 0 Å². The van der Waals surface area contributed by atoms with Crippen molar-refractivity contribution in [2.75, 3.05) is 13.1 Å². The van der Waals surface area contributed by atoms with Gasteiger partial charge in [-0.2, -0.15) is 13.2 Å². The van der Waals surface area contributed by atoms with Gasteiger partial charge in [0.1, 0.15) is 0 Å². The molecular formula is C10H9BrF3NOS. The highest BCUT2D eigenvalue weighted by Gasteiger charge is 2.61. The summed E-state index contributed by atoms with van der Waals surface area (Å²) in [5.74, 6) is 0. The van der Waals surface area contributed by atoms with Gasteiger partial charge in [-0.25, -0.2) is 4.31 Å². The van der Waals surface area contributed by atoms with E-state index in [1.165, 1.54) is 16.3 Å². The lowest BCUT2D eigenvalue weighted by Gasteiger charge is -2.45. The maximum absolute atomic E-state index is 12.4. The minimum Gasteiger partial charge on any atom is -0.378 e. The highest BCUT2D eigenvalue weighted by Crippen LogP contribution is 2.43. The van der Waals surface area contributed by atoms with Crippen LogP contribution in [0.15, 0.2) is 33.6 Å². The molecule has 0 spiro atoms. The third kappa shape index (κ3) is 2.62. The Morgan fingerprint density at radius 1 is 1.29 bits per heavy atom. The van der Waals surface area contributed by atoms with Gasteiger partial charge in [0.05, 0.1) is 0 Å². The monoisotopic (exact) mass is 327 g/mol. The first-order valence-electron chi connectivity index (χ1n) is 4.78. The number of β-amino-alcohol motifs (C(OH)–C–C–N with tert-alkyl or cyclic N) is 1. The predicted octanol–water partition coefficient (Wildman–Crippen LogP) is 3.07. The van der Waals surface area contributed by atoms with Crippen LogP contribution in [-0.4, -0.2) is 34.3 Å². The molecule has 2 nitrogen and oxygen atoms in total. The molecule has 1 N–H and O–H groups in total. The van der Waals surface area contributed by atoms with Crippen molar-refractivity contribution in [2.24, 2.45) is 0 Å². The van der Waals surface area contributed by atoms with Crippen LogP contribution < -0.4 is 0 Å². The molecule has 0 aromatic heterocycles. The normalized spacial score (nSPS) is 20.1. The molecule has 1 heterocycles. The van der Waals surface area contributed by atoms with E-state index in [2.05, 4.69) is 15.9 Å². The summed E-state index contributed by atoms with van der Waals surface area (Å²) in [6, 6.07) is 7.26. The van der Waals surface area contributed by atoms with E-state index in [4.69, 9.17) is 0 Å². The van der Waals surface area contributed by atoms with Gasteiger partial charge in [-0.15, -0.1) is 0 Å². The average Bonchev–Trinajstić information content (AvgIpc) is 2.17. The zero-order valence-electron chi connectivity index (χ0n) is 8.54. The first kappa shape index (κ1) is 13.2. The lowest BCUT2D eigenvalue weighted by Crippen LogP contribution is -2.66. The largest absolute Gasteiger partial charge is 0.419 e. The van der Waals surface area contributed by atoms with Crippen LogP contribution in [0.25, 0.3) is 0 Å². The van der Waals surface area contributed by atoms with E-state index in [1.807, 2.05) is 18.2 Å². The van der Waals surface area contributed by atoms with Crippen LogP contribution in [0.1, 0.15) is 0 Å². The zero-order valence-corrected chi connectivity index (χ0v) is 10.9. The topological polar surface area (TPSA) is 23.5 Å². The molecule has 2 rings (SSSR count). The molecule has 1 aliphatic rings. The van der Waals surface area contributed by atoms with Crippen molar-refractivity contribution in [2.45, 2.75) is 16.7 Å². The molecule has 7 heteroatoms. The van der Waals surface area contributed by atoms with Crippen molar-refractivity contribution in [3.63, 3.8) is 0 Å². The minimum atomic E-state index is -4.56. The summed E-state index contributed by atoms with van der Waals surface area (Å²) in [6.07, 6.45) is -4.56. The molecule has 1 aromatic carbocycles. The first-order valence-corrected chi connectivity index (χ1v) is 6.35. The molecule has 1 fully saturated rings. The summed E-state index contributed by atoms with van der Waals surface area (Å²) in [6.45, 7) is -0.801. The van der Waals surface area contributed by atoms with Crippen LogP contribution in [0.3, 0.4) is 0 Å². The Balaban J connectivity index is 1.96. The van der Waals surface area contributed by atoms with Crippen molar-refractivity contribution in [3.8, 4) is 0 Å². The van der Waals surface area contributed by atoms with Gasteiger partial charge < -0.3 is 5.11 Å². The molecule has 94 valence electrons. The number of rotatable bonds is 2. The SMILES string of the molecule is OC1(C(F)(F)F)CN(Sc2ccccc2Br)C1. The number of halogens is 4. The Labute approximate surface area is 109 Å². The second-order valence-corrected chi connectivity index (χ2v) is 5.84. The van der Waals surface area contributed by atoms with Crippen LogP contribution >= 0.6 is 27.9 Å². The molecule has 0 amide bonds. The minimum absolute atomic E-state index is 0.400. The number of nitrogens with zero attached hydrogens (tertiary/aromatic N) is 1. The number of hydrogen-bond donors (Lipinski definition) is 1. The maximum Gasteiger partial charge on any atom is 0.419 e. The van der Waals surface area contributed by atoms with Crippen LogP contribution in [-0.2, 0) is 0 Å². The average molecular weight is 328 g/mol. The standard InChI is InChI=1S/C10H9BrF3NOS/c11-7-3-1-2-4-8(7)17-15-5-9(16,6-15)10(12,13)14/h1-4,16H,5-6H2. The molecule has 0 aliphatic carbocycles. The summed E-state index contributed by atoms with van der Waals surface area (Å²) in [7, 11) is 0. The molecule has 0 saturated carbocycles. The zero-order chi connectivity index (χ0) is 12.7. The van der Waals surface area contributed by atoms with E-state index >= 15 is 0 Å². The summed E-state index contributed by atoms with van der Waals surface area (Å²) in [5, 5.41) is 9.27. The Morgan fingerprint density at radius 2 is 1.88 bits per heavy atom. The number of aliphatic hydroxyl groups is 1. The van der Waals surface area contributed by atoms with Gasteiger partial charge in [-0.1, -0.05) is 12.1 Å². The van der Waals surface area contributed by atoms with Crippen LogP contribution in [0.2, 0.25) is 0 Å². The fourth-order valence-electron chi connectivity index (χ4n) is 1.44. The fraction of sp³-hybridized carbons (Fsp3) is 0.400. The second kappa shape index (κ2) is 4.46. The van der Waals surface area contributed by atoms with Crippen molar-refractivity contribution in [3.05, 3.63) is 28.7 Å². The van der Waals surface area contributed by atoms with Crippen LogP contribution in [0.4, 0.5) is 13.2 Å². The fourth-order valence-corrected chi connectivity index (χ4v) is 3.07. The highest BCUT2D eigenvalue weighted by atomic mass is 79.9. The number of alkyl halides is 3. The van der Waals surface area contributed by atoms with Gasteiger partial charge in [-0.05, 0) is 40.0 Å². The third-order valence-electron chi connectivity index (χ3n) is 2.47. The highest BCUT2D eigenvalue weighted by molar-refractivity contribution is 9.10. The molecule has 0 atom stereocenters. The quantitative estimate of drug-likeness (QED) is 0.844. The maximum atomic E-state index is 12.4. The second-order valence-electron chi connectivity index (χ2n) is 3.85. The Morgan fingerprint density at radius 3 is 2.41 bits per heavy atom. The molecule has 1 aliphatic heterocycles. The predicted molar refractivity (Wildman–Crippen MR) is 62.6 cm³/mol. The smallest absolute Gasteiger partial charge is 0.378 e. The van der Waals surface area contributed by atoms with E-state index in [0.717, 1.165) is 9.37 Å². The van der Waals surface area contributed by atoms with Crippen molar-refractivity contribution >= 4 is 27.9 Å². The summed E-state index contributed by atoms with van der Waals surface area (Å²) in [5.41, 5.74) is -2.55. The summed E-state index contributed by atoms with van der Waals surface area (Å²) < 4.78 is 39.4. The van der Waals surface area contributed by atoms with Gasteiger partial charge >= 0.3 is 6.18 Å². The molecule has 1 aromatic rings. The van der Waals surface area contributed by atoms with Gasteiger partial charge in [0, 0.05) is 22.5 Å². The molecule has 0 unspecified atom stereocenters. The number of hydrogen-bond acceptors (Lipinski definition) is 3. The lowest BCUT2D eigenvalue weighted by molar-refractivity contribution is -0.289. The Kier molecular flexibility index (Phi) is 3.46. The van der Waals surface area contributed by atoms with Crippen molar-refractivity contribution in [1.82, 2.24) is 4.31 Å². The molecule has 1 saturated heterocycles. The Bertz CT molecular complexity index is 420. The van der Waals surface area contributed by atoms with Crippen LogP contribution in [0, 0.1) is 0 Å². The van der Waals surface area contributed by atoms with E-state index in [-0.39, 0.29) is 0 Å². The number of benzene rings is 1. The van der Waals surface area contributed by atoms with E-state index < -0.39 is 24.9 Å². The molecular weight excluding hydrogens is 319 g/mol. The first-order chi connectivity index (χ1) is 7.82. The van der Waals surface area contributed by atoms with E-state index in [0.29, 0.717) is 0 Å². The summed E-state index contributed by atoms with van der Waals surface area (Å²) >= 11 is 4.52. The Hall–Kier alpha value is -0.240. The van der Waals surface area contributed by atoms with Gasteiger partial charge in [-0.3, -0.25) is 0 Å². The lowest BCUT2D eigenvalue weighted by atomic mass is 9.97. The van der Waals surface area contributed by atoms with Gasteiger partial charge in [0.25, 0.3) is 0 Å². The van der Waals surface area contributed by atoms with E-state index in [1.54, 1.807) is 6.07 Å². The molecule has 0 radical (unpaired) electrons. The van der Waals surface area contributed by atoms with Gasteiger partial charge in [0.2, 0.25) is 0 Å². The van der Waals surface area contributed by atoms with Crippen LogP contribution in [0.5, 0.6) is 0 Å².